The summed E-state index contributed by atoms with van der Waals surface area (Å²) in [6, 6.07) is 16.4. The van der Waals surface area contributed by atoms with Gasteiger partial charge in [0.2, 0.25) is 0 Å². The first-order valence-electron chi connectivity index (χ1n) is 7.17. The summed E-state index contributed by atoms with van der Waals surface area (Å²) in [6.07, 6.45) is 3.51. The van der Waals surface area contributed by atoms with E-state index in [1.807, 2.05) is 52.5 Å². The molecule has 2 aromatic rings. The molecular weight excluding hydrogens is 272 g/mol. The first-order chi connectivity index (χ1) is 10.6. The van der Waals surface area contributed by atoms with Crippen LogP contribution in [0.3, 0.4) is 0 Å². The summed E-state index contributed by atoms with van der Waals surface area (Å²) < 4.78 is 0. The summed E-state index contributed by atoms with van der Waals surface area (Å²) >= 11 is 0. The second-order valence-corrected chi connectivity index (χ2v) is 5.46. The third kappa shape index (κ3) is 4.45. The molecule has 0 heterocycles. The van der Waals surface area contributed by atoms with Gasteiger partial charge in [0, 0.05) is 39.6 Å². The van der Waals surface area contributed by atoms with Crippen molar-refractivity contribution in [2.24, 2.45) is 10.2 Å². The molecular formula is C18H22N4. The third-order valence-corrected chi connectivity index (χ3v) is 3.30. The molecule has 2 aromatic carbocycles. The Hall–Kier alpha value is -2.62. The molecule has 0 saturated heterocycles. The molecule has 2 rings (SSSR count). The number of rotatable bonds is 5. The van der Waals surface area contributed by atoms with Crippen LogP contribution in [0.4, 0.5) is 11.4 Å². The highest BCUT2D eigenvalue weighted by Gasteiger charge is 1.94. The molecule has 0 radical (unpaired) electrons. The van der Waals surface area contributed by atoms with Gasteiger partial charge in [0.15, 0.2) is 0 Å². The van der Waals surface area contributed by atoms with Gasteiger partial charge in [-0.25, -0.2) is 0 Å². The average molecular weight is 294 g/mol. The molecule has 114 valence electrons. The lowest BCUT2D eigenvalue weighted by Crippen LogP contribution is -2.08. The van der Waals surface area contributed by atoms with Crippen LogP contribution in [-0.4, -0.2) is 40.6 Å². The van der Waals surface area contributed by atoms with Gasteiger partial charge in [0.05, 0.1) is 12.4 Å². The van der Waals surface area contributed by atoms with Gasteiger partial charge in [-0.2, -0.15) is 10.2 Å². The molecule has 0 amide bonds. The highest BCUT2D eigenvalue weighted by atomic mass is 15.2. The van der Waals surface area contributed by atoms with Crippen molar-refractivity contribution in [2.45, 2.75) is 0 Å². The molecule has 0 N–H and O–H groups in total. The van der Waals surface area contributed by atoms with E-state index in [1.165, 1.54) is 11.4 Å². The summed E-state index contributed by atoms with van der Waals surface area (Å²) in [6.45, 7) is 0. The van der Waals surface area contributed by atoms with Crippen molar-refractivity contribution < 1.29 is 0 Å². The second-order valence-electron chi connectivity index (χ2n) is 5.46. The molecule has 0 spiro atoms. The van der Waals surface area contributed by atoms with Crippen LogP contribution >= 0.6 is 0 Å². The van der Waals surface area contributed by atoms with Gasteiger partial charge in [-0.1, -0.05) is 24.3 Å². The van der Waals surface area contributed by atoms with E-state index in [0.29, 0.717) is 0 Å². The molecule has 22 heavy (non-hydrogen) atoms. The Morgan fingerprint density at radius 2 is 0.909 bits per heavy atom. The predicted octanol–water partition coefficient (Wildman–Crippen LogP) is 3.27. The maximum absolute atomic E-state index is 4.09. The van der Waals surface area contributed by atoms with Crippen LogP contribution in [0.25, 0.3) is 0 Å². The van der Waals surface area contributed by atoms with E-state index in [4.69, 9.17) is 0 Å². The number of hydrogen-bond donors (Lipinski definition) is 0. The van der Waals surface area contributed by atoms with Crippen molar-refractivity contribution in [3.63, 3.8) is 0 Å². The highest BCUT2D eigenvalue weighted by Crippen LogP contribution is 2.12. The van der Waals surface area contributed by atoms with Crippen molar-refractivity contribution in [1.82, 2.24) is 0 Å². The van der Waals surface area contributed by atoms with Gasteiger partial charge in [-0.15, -0.1) is 0 Å². The van der Waals surface area contributed by atoms with E-state index < -0.39 is 0 Å². The van der Waals surface area contributed by atoms with Gasteiger partial charge in [-0.3, -0.25) is 0 Å². The molecule has 0 saturated carbocycles. The van der Waals surface area contributed by atoms with Gasteiger partial charge < -0.3 is 9.80 Å². The molecule has 0 aliphatic carbocycles. The van der Waals surface area contributed by atoms with Gasteiger partial charge >= 0.3 is 0 Å². The molecule has 0 aliphatic rings. The molecule has 0 aliphatic heterocycles. The standard InChI is InChI=1S/C18H22N4/c1-21(2)17-9-5-15(6-10-17)13-19-20-14-16-7-11-18(12-8-16)22(3)4/h5-14H,1-4H3. The summed E-state index contributed by atoms with van der Waals surface area (Å²) in [5, 5.41) is 8.18. The van der Waals surface area contributed by atoms with E-state index in [-0.39, 0.29) is 0 Å². The SMILES string of the molecule is CN(C)c1ccc(C=NN=Cc2ccc(N(C)C)cc2)cc1. The normalized spacial score (nSPS) is 11.3. The summed E-state index contributed by atoms with van der Waals surface area (Å²) in [5.74, 6) is 0. The molecule has 0 unspecified atom stereocenters. The number of hydrogen-bond acceptors (Lipinski definition) is 4. The first-order valence-corrected chi connectivity index (χ1v) is 7.17. The Kier molecular flexibility index (Phi) is 5.31. The maximum Gasteiger partial charge on any atom is 0.0568 e. The lowest BCUT2D eigenvalue weighted by Gasteiger charge is -2.11. The zero-order chi connectivity index (χ0) is 15.9. The van der Waals surface area contributed by atoms with E-state index in [1.54, 1.807) is 12.4 Å². The van der Waals surface area contributed by atoms with Crippen LogP contribution in [0.1, 0.15) is 11.1 Å². The van der Waals surface area contributed by atoms with E-state index in [9.17, 15) is 0 Å². The summed E-state index contributed by atoms with van der Waals surface area (Å²) in [5.41, 5.74) is 4.40. The molecule has 0 bridgehead atoms. The predicted molar refractivity (Wildman–Crippen MR) is 96.7 cm³/mol. The lowest BCUT2D eigenvalue weighted by atomic mass is 10.2. The molecule has 4 nitrogen and oxygen atoms in total. The Bertz CT molecular complexity index is 578. The number of anilines is 2. The summed E-state index contributed by atoms with van der Waals surface area (Å²) in [7, 11) is 8.09. The van der Waals surface area contributed by atoms with E-state index >= 15 is 0 Å². The molecule has 0 aromatic heterocycles. The number of nitrogens with zero attached hydrogens (tertiary/aromatic N) is 4. The van der Waals surface area contributed by atoms with Gasteiger partial charge in [-0.05, 0) is 35.4 Å². The van der Waals surface area contributed by atoms with E-state index in [0.717, 1.165) is 11.1 Å². The van der Waals surface area contributed by atoms with Gasteiger partial charge in [0.25, 0.3) is 0 Å². The monoisotopic (exact) mass is 294 g/mol. The van der Waals surface area contributed by atoms with Crippen LogP contribution < -0.4 is 9.80 Å². The van der Waals surface area contributed by atoms with Crippen molar-refractivity contribution in [3.8, 4) is 0 Å². The van der Waals surface area contributed by atoms with Crippen molar-refractivity contribution in [1.29, 1.82) is 0 Å². The fourth-order valence-electron chi connectivity index (χ4n) is 1.92. The fraction of sp³-hybridized carbons (Fsp3) is 0.222. The van der Waals surface area contributed by atoms with Crippen LogP contribution in [0.5, 0.6) is 0 Å². The Balaban J connectivity index is 1.96. The third-order valence-electron chi connectivity index (χ3n) is 3.30. The van der Waals surface area contributed by atoms with E-state index in [2.05, 4.69) is 44.3 Å². The first kappa shape index (κ1) is 15.8. The van der Waals surface area contributed by atoms with Crippen molar-refractivity contribution >= 4 is 23.8 Å². The quantitative estimate of drug-likeness (QED) is 0.626. The van der Waals surface area contributed by atoms with Crippen LogP contribution in [-0.2, 0) is 0 Å². The Morgan fingerprint density at radius 1 is 0.591 bits per heavy atom. The Labute approximate surface area is 132 Å². The van der Waals surface area contributed by atoms with Crippen LogP contribution in [0.15, 0.2) is 58.7 Å². The fourth-order valence-corrected chi connectivity index (χ4v) is 1.92. The minimum Gasteiger partial charge on any atom is -0.378 e. The maximum atomic E-state index is 4.09. The van der Waals surface area contributed by atoms with Crippen molar-refractivity contribution in [3.05, 3.63) is 59.7 Å². The highest BCUT2D eigenvalue weighted by molar-refractivity contribution is 5.83. The lowest BCUT2D eigenvalue weighted by molar-refractivity contribution is 1.13. The average Bonchev–Trinajstić information content (AvgIpc) is 2.52. The number of benzene rings is 2. The minimum absolute atomic E-state index is 1.03. The van der Waals surface area contributed by atoms with Crippen LogP contribution in [0, 0.1) is 0 Å². The molecule has 4 heteroatoms. The smallest absolute Gasteiger partial charge is 0.0568 e. The minimum atomic E-state index is 1.03. The van der Waals surface area contributed by atoms with Crippen molar-refractivity contribution in [2.75, 3.05) is 38.0 Å². The zero-order valence-electron chi connectivity index (χ0n) is 13.6. The molecule has 0 atom stereocenters. The molecule has 0 fully saturated rings. The van der Waals surface area contributed by atoms with Gasteiger partial charge in [0.1, 0.15) is 0 Å². The topological polar surface area (TPSA) is 31.2 Å². The zero-order valence-corrected chi connectivity index (χ0v) is 13.6. The summed E-state index contributed by atoms with van der Waals surface area (Å²) in [4.78, 5) is 4.13. The largest absolute Gasteiger partial charge is 0.378 e. The second kappa shape index (κ2) is 7.41. The van der Waals surface area contributed by atoms with Crippen LogP contribution in [0.2, 0.25) is 0 Å². The Morgan fingerprint density at radius 3 is 1.18 bits per heavy atom.